The number of hydrogen-bond donors (Lipinski definition) is 1. The molecule has 0 saturated carbocycles. The number of hydrogen-bond acceptors (Lipinski definition) is 1. The first kappa shape index (κ1) is 31.4. The van der Waals surface area contributed by atoms with E-state index in [1.165, 1.54) is 0 Å². The Labute approximate surface area is 163 Å². The van der Waals surface area contributed by atoms with Gasteiger partial charge in [0.2, 0.25) is 0 Å². The highest BCUT2D eigenvalue weighted by atomic mass is 19.4. The average Bonchev–Trinajstić information content (AvgIpc) is 2.46. The minimum Gasteiger partial charge on any atom is -0.216 e. The second-order valence-electron chi connectivity index (χ2n) is 5.73. The van der Waals surface area contributed by atoms with E-state index in [-0.39, 0.29) is 0 Å². The van der Waals surface area contributed by atoms with Gasteiger partial charge in [0.15, 0.2) is 0 Å². The molecule has 0 aliphatic carbocycles. The van der Waals surface area contributed by atoms with Crippen LogP contribution in [0.15, 0.2) is 0 Å². The number of halogens is 22. The molecule has 0 aliphatic heterocycles. The number of rotatable bonds is 6. The van der Waals surface area contributed by atoms with Crippen LogP contribution in [-0.2, 0) is 0 Å². The highest BCUT2D eigenvalue weighted by molar-refractivity contribution is 5.14. The van der Waals surface area contributed by atoms with Crippen molar-refractivity contribution in [1.29, 1.82) is 0 Å². The molecule has 0 fully saturated rings. The summed E-state index contributed by atoms with van der Waals surface area (Å²) in [6.07, 6.45) is -32.9. The summed E-state index contributed by atoms with van der Waals surface area (Å²) in [4.78, 5) is 0. The van der Waals surface area contributed by atoms with Gasteiger partial charge in [-0.15, -0.1) is 0 Å². The molecule has 0 radical (unpaired) electrons. The Morgan fingerprint density at radius 3 is 0.545 bits per heavy atom. The minimum absolute atomic E-state index is 2.33. The second-order valence-corrected chi connectivity index (χ2v) is 5.73. The molecule has 1 nitrogen and oxygen atoms in total. The highest BCUT2D eigenvalue weighted by Gasteiger charge is 2.94. The molecule has 0 aromatic rings. The first-order chi connectivity index (χ1) is 13.7. The van der Waals surface area contributed by atoms with Crippen LogP contribution in [0.5, 0.6) is 0 Å². The van der Waals surface area contributed by atoms with Gasteiger partial charge in [-0.2, -0.15) is 93.1 Å². The molecule has 0 aliphatic rings. The van der Waals surface area contributed by atoms with Gasteiger partial charge in [0.05, 0.1) is 0 Å². The topological polar surface area (TPSA) is 12.0 Å². The third-order valence-electron chi connectivity index (χ3n) is 3.53. The second kappa shape index (κ2) is 7.46. The van der Waals surface area contributed by atoms with Crippen LogP contribution < -0.4 is 5.32 Å². The molecular weight excluding hydrogens is 552 g/mol. The molecular formula is C10HF22N. The normalized spacial score (nSPS) is 16.9. The van der Waals surface area contributed by atoms with Crippen molar-refractivity contribution < 1.29 is 96.6 Å². The standard InChI is InChI=1S/C10HF22N/c11-1(5(17,18)19,6(20,21)22)3(13,14)9(29,30)33-10(31,32)4(15,16)2(12,7(23,24)25)8(26,27)28/h33H. The van der Waals surface area contributed by atoms with Crippen molar-refractivity contribution in [3.63, 3.8) is 0 Å². The summed E-state index contributed by atoms with van der Waals surface area (Å²) in [5.74, 6) is -17.5. The van der Waals surface area contributed by atoms with Crippen molar-refractivity contribution in [2.24, 2.45) is 0 Å². The largest absolute Gasteiger partial charge is 0.438 e. The zero-order valence-corrected chi connectivity index (χ0v) is 13.8. The van der Waals surface area contributed by atoms with Crippen LogP contribution in [0.2, 0.25) is 0 Å². The molecule has 200 valence electrons. The Kier molecular flexibility index (Phi) is 7.10. The highest BCUT2D eigenvalue weighted by Crippen LogP contribution is 2.61. The molecule has 0 heterocycles. The summed E-state index contributed by atoms with van der Waals surface area (Å²) in [5, 5.41) is -2.33. The predicted octanol–water partition coefficient (Wildman–Crippen LogP) is 6.70. The lowest BCUT2D eigenvalue weighted by atomic mass is 9.91. The van der Waals surface area contributed by atoms with Gasteiger partial charge in [-0.05, 0) is 0 Å². The Morgan fingerprint density at radius 2 is 0.424 bits per heavy atom. The van der Waals surface area contributed by atoms with Crippen LogP contribution in [0.3, 0.4) is 0 Å². The molecule has 0 unspecified atom stereocenters. The molecule has 0 aromatic carbocycles. The molecule has 0 spiro atoms. The maximum atomic E-state index is 13.2. The van der Waals surface area contributed by atoms with Crippen LogP contribution in [0.1, 0.15) is 0 Å². The van der Waals surface area contributed by atoms with E-state index in [0.29, 0.717) is 0 Å². The van der Waals surface area contributed by atoms with Gasteiger partial charge >= 0.3 is 60.0 Å². The van der Waals surface area contributed by atoms with Gasteiger partial charge in [0.1, 0.15) is 0 Å². The Bertz CT molecular complexity index is 613. The van der Waals surface area contributed by atoms with E-state index >= 15 is 0 Å². The summed E-state index contributed by atoms with van der Waals surface area (Å²) in [6, 6.07) is -16.8. The van der Waals surface area contributed by atoms with Crippen molar-refractivity contribution in [2.45, 2.75) is 60.0 Å². The molecule has 0 amide bonds. The lowest BCUT2D eigenvalue weighted by Gasteiger charge is -2.43. The fourth-order valence-corrected chi connectivity index (χ4v) is 1.82. The quantitative estimate of drug-likeness (QED) is 0.286. The monoisotopic (exact) mass is 553 g/mol. The first-order valence-electron chi connectivity index (χ1n) is 6.66. The molecule has 0 bridgehead atoms. The molecule has 0 saturated heterocycles. The lowest BCUT2D eigenvalue weighted by molar-refractivity contribution is -0.453. The van der Waals surface area contributed by atoms with Crippen molar-refractivity contribution in [1.82, 2.24) is 5.32 Å². The van der Waals surface area contributed by atoms with Gasteiger partial charge in [-0.25, -0.2) is 8.78 Å². The maximum absolute atomic E-state index is 13.2. The number of nitrogens with one attached hydrogen (secondary N) is 1. The fraction of sp³-hybridized carbons (Fsp3) is 1.00. The average molecular weight is 553 g/mol. The van der Waals surface area contributed by atoms with Crippen molar-refractivity contribution in [3.8, 4) is 0 Å². The number of alkyl halides is 22. The van der Waals surface area contributed by atoms with Crippen LogP contribution in [-0.4, -0.2) is 60.0 Å². The molecule has 33 heavy (non-hydrogen) atoms. The molecule has 23 heteroatoms. The van der Waals surface area contributed by atoms with Crippen molar-refractivity contribution in [3.05, 3.63) is 0 Å². The fourth-order valence-electron chi connectivity index (χ4n) is 1.82. The summed E-state index contributed by atoms with van der Waals surface area (Å²) in [5.41, 5.74) is -17.2. The van der Waals surface area contributed by atoms with E-state index in [1.54, 1.807) is 0 Å². The molecule has 0 rings (SSSR count). The van der Waals surface area contributed by atoms with Gasteiger partial charge in [-0.1, -0.05) is 0 Å². The van der Waals surface area contributed by atoms with Crippen LogP contribution in [0.4, 0.5) is 96.6 Å². The van der Waals surface area contributed by atoms with E-state index in [9.17, 15) is 96.6 Å². The van der Waals surface area contributed by atoms with Crippen molar-refractivity contribution in [2.75, 3.05) is 0 Å². The summed E-state index contributed by atoms with van der Waals surface area (Å²) in [6.45, 7) is 0. The zero-order chi connectivity index (χ0) is 27.7. The minimum atomic E-state index is -8.73. The van der Waals surface area contributed by atoms with Crippen LogP contribution >= 0.6 is 0 Å². The predicted molar refractivity (Wildman–Crippen MR) is 54.8 cm³/mol. The van der Waals surface area contributed by atoms with Gasteiger partial charge in [0, 0.05) is 0 Å². The first-order valence-corrected chi connectivity index (χ1v) is 6.66. The third kappa shape index (κ3) is 4.21. The molecule has 0 aromatic heterocycles. The van der Waals surface area contributed by atoms with Crippen LogP contribution in [0.25, 0.3) is 0 Å². The lowest BCUT2D eigenvalue weighted by Crippen LogP contribution is -2.78. The van der Waals surface area contributed by atoms with E-state index in [1.807, 2.05) is 0 Å². The third-order valence-corrected chi connectivity index (χ3v) is 3.53. The summed E-state index contributed by atoms with van der Waals surface area (Å²) >= 11 is 0. The molecule has 0 atom stereocenters. The van der Waals surface area contributed by atoms with Crippen LogP contribution in [0, 0.1) is 0 Å². The van der Waals surface area contributed by atoms with Gasteiger partial charge in [0.25, 0.3) is 0 Å². The SMILES string of the molecule is FC(F)(F)C(F)(C(F)(F)F)C(F)(F)C(F)(F)NC(F)(F)C(F)(F)C(F)(C(F)(F)F)C(F)(F)F. The van der Waals surface area contributed by atoms with E-state index in [0.717, 1.165) is 0 Å². The Morgan fingerprint density at radius 1 is 0.273 bits per heavy atom. The Balaban J connectivity index is 6.92. The van der Waals surface area contributed by atoms with Crippen molar-refractivity contribution >= 4 is 0 Å². The van der Waals surface area contributed by atoms with E-state index in [2.05, 4.69) is 0 Å². The summed E-state index contributed by atoms with van der Waals surface area (Å²) in [7, 11) is 0. The maximum Gasteiger partial charge on any atom is 0.438 e. The molecule has 1 N–H and O–H groups in total. The Hall–Kier alpha value is -1.58. The summed E-state index contributed by atoms with van der Waals surface area (Å²) < 4.78 is 278. The van der Waals surface area contributed by atoms with E-state index in [4.69, 9.17) is 0 Å². The smallest absolute Gasteiger partial charge is 0.216 e. The van der Waals surface area contributed by atoms with E-state index < -0.39 is 65.3 Å². The van der Waals surface area contributed by atoms with Gasteiger partial charge in [-0.3, -0.25) is 0 Å². The zero-order valence-electron chi connectivity index (χ0n) is 13.8. The van der Waals surface area contributed by atoms with Gasteiger partial charge < -0.3 is 0 Å².